The molecule has 9 heteroatoms. The van der Waals surface area contributed by atoms with E-state index in [0.717, 1.165) is 11.5 Å². The molecule has 3 N–H and O–H groups in total. The highest BCUT2D eigenvalue weighted by atomic mass is 16.6. The monoisotopic (exact) mass is 247 g/mol. The Balaban J connectivity index is 2.67. The Morgan fingerprint density at radius 1 is 1.76 bits per heavy atom. The molecule has 1 rings (SSSR count). The van der Waals surface area contributed by atoms with Gasteiger partial charge >= 0.3 is 5.95 Å². The van der Waals surface area contributed by atoms with E-state index in [1.165, 1.54) is 12.4 Å². The second-order valence-corrected chi connectivity index (χ2v) is 3.48. The predicted molar refractivity (Wildman–Crippen MR) is 53.7 cm³/mol. The van der Waals surface area contributed by atoms with Gasteiger partial charge in [0.05, 0.1) is 6.61 Å². The van der Waals surface area contributed by atoms with Crippen molar-refractivity contribution in [3.05, 3.63) is 22.5 Å². The number of rotatable bonds is 6. The molecule has 2 atom stereocenters. The maximum atomic E-state index is 10.5. The molecule has 0 saturated heterocycles. The molecule has 1 aromatic heterocycles. The zero-order chi connectivity index (χ0) is 13.1. The number of nitrogens with zero attached hydrogens (tertiary/aromatic N) is 3. The van der Waals surface area contributed by atoms with E-state index in [1.807, 2.05) is 0 Å². The van der Waals surface area contributed by atoms with E-state index in [-0.39, 0.29) is 6.73 Å². The molecule has 0 aliphatic rings. The molecule has 96 valence electrons. The lowest BCUT2D eigenvalue weighted by molar-refractivity contribution is -0.398. The van der Waals surface area contributed by atoms with Crippen LogP contribution in [-0.4, -0.2) is 48.3 Å². The van der Waals surface area contributed by atoms with Gasteiger partial charge in [-0.15, -0.1) is 0 Å². The summed E-state index contributed by atoms with van der Waals surface area (Å²) in [7, 11) is 0. The molecule has 0 amide bonds. The molecule has 0 aromatic carbocycles. The van der Waals surface area contributed by atoms with Crippen LogP contribution in [0.4, 0.5) is 5.95 Å². The van der Waals surface area contributed by atoms with Gasteiger partial charge in [0.15, 0.2) is 12.5 Å². The standard InChI is InChI=1S/C8H13N3O6/c1-8(14,6(13)4-12)17-5-10-3-2-9-7(10)11(15)16/h2-3,6,12-14H,4-5H2,1H3. The second-order valence-electron chi connectivity index (χ2n) is 3.48. The molecule has 17 heavy (non-hydrogen) atoms. The van der Waals surface area contributed by atoms with E-state index in [4.69, 9.17) is 9.84 Å². The Bertz CT molecular complexity index is 390. The Labute approximate surface area is 96.0 Å². The third-order valence-electron chi connectivity index (χ3n) is 2.14. The van der Waals surface area contributed by atoms with Crippen molar-refractivity contribution in [3.63, 3.8) is 0 Å². The fourth-order valence-electron chi connectivity index (χ4n) is 1.04. The topological polar surface area (TPSA) is 131 Å². The predicted octanol–water partition coefficient (Wildman–Crippen LogP) is -1.17. The summed E-state index contributed by atoms with van der Waals surface area (Å²) in [6.07, 6.45) is 0.989. The van der Waals surface area contributed by atoms with Crippen LogP contribution in [0.3, 0.4) is 0 Å². The van der Waals surface area contributed by atoms with Crippen LogP contribution in [0.5, 0.6) is 0 Å². The van der Waals surface area contributed by atoms with Crippen molar-refractivity contribution in [3.8, 4) is 0 Å². The lowest BCUT2D eigenvalue weighted by Gasteiger charge is -2.27. The maximum Gasteiger partial charge on any atom is 0.436 e. The number of imidazole rings is 1. The molecule has 0 radical (unpaired) electrons. The zero-order valence-corrected chi connectivity index (χ0v) is 9.05. The van der Waals surface area contributed by atoms with E-state index in [9.17, 15) is 20.3 Å². The van der Waals surface area contributed by atoms with Gasteiger partial charge in [-0.2, -0.15) is 0 Å². The number of aliphatic hydroxyl groups excluding tert-OH is 2. The lowest BCUT2D eigenvalue weighted by atomic mass is 10.2. The van der Waals surface area contributed by atoms with Gasteiger partial charge in [-0.05, 0) is 11.8 Å². The average Bonchev–Trinajstić information content (AvgIpc) is 2.73. The largest absolute Gasteiger partial charge is 0.436 e. The number of hydrogen-bond donors (Lipinski definition) is 3. The Morgan fingerprint density at radius 3 is 2.94 bits per heavy atom. The number of ether oxygens (including phenoxy) is 1. The molecule has 0 bridgehead atoms. The Kier molecular flexibility index (Phi) is 4.12. The smallest absolute Gasteiger partial charge is 0.393 e. The van der Waals surface area contributed by atoms with Gasteiger partial charge in [-0.25, -0.2) is 4.57 Å². The van der Waals surface area contributed by atoms with Crippen LogP contribution in [0.15, 0.2) is 12.4 Å². The van der Waals surface area contributed by atoms with Crippen molar-refractivity contribution < 1.29 is 25.0 Å². The molecular weight excluding hydrogens is 234 g/mol. The van der Waals surface area contributed by atoms with Crippen LogP contribution < -0.4 is 0 Å². The van der Waals surface area contributed by atoms with Crippen molar-refractivity contribution in [1.82, 2.24) is 9.55 Å². The highest BCUT2D eigenvalue weighted by Gasteiger charge is 2.32. The third-order valence-corrected chi connectivity index (χ3v) is 2.14. The third kappa shape index (κ3) is 3.20. The van der Waals surface area contributed by atoms with Gasteiger partial charge in [0.25, 0.3) is 0 Å². The Hall–Kier alpha value is -1.55. The normalized spacial score (nSPS) is 16.5. The molecule has 0 spiro atoms. The number of aliphatic hydroxyl groups is 3. The molecule has 0 fully saturated rings. The van der Waals surface area contributed by atoms with Crippen LogP contribution >= 0.6 is 0 Å². The summed E-state index contributed by atoms with van der Waals surface area (Å²) in [4.78, 5) is 13.3. The maximum absolute atomic E-state index is 10.5. The number of nitro groups is 1. The first-order valence-corrected chi connectivity index (χ1v) is 4.69. The number of aromatic nitrogens is 2. The molecule has 2 unspecified atom stereocenters. The number of hydrogen-bond acceptors (Lipinski definition) is 7. The van der Waals surface area contributed by atoms with Crippen molar-refractivity contribution >= 4 is 5.95 Å². The quantitative estimate of drug-likeness (QED) is 0.328. The summed E-state index contributed by atoms with van der Waals surface area (Å²) in [5, 5.41) is 37.9. The lowest BCUT2D eigenvalue weighted by Crippen LogP contribution is -2.44. The van der Waals surface area contributed by atoms with Gasteiger partial charge in [-0.3, -0.25) is 0 Å². The van der Waals surface area contributed by atoms with Gasteiger partial charge in [0.1, 0.15) is 18.5 Å². The fraction of sp³-hybridized carbons (Fsp3) is 0.625. The summed E-state index contributed by atoms with van der Waals surface area (Å²) in [5.41, 5.74) is 0. The van der Waals surface area contributed by atoms with Crippen LogP contribution in [-0.2, 0) is 11.5 Å². The van der Waals surface area contributed by atoms with Gasteiger partial charge < -0.3 is 30.2 Å². The van der Waals surface area contributed by atoms with Crippen LogP contribution in [0.2, 0.25) is 0 Å². The van der Waals surface area contributed by atoms with E-state index in [2.05, 4.69) is 4.98 Å². The summed E-state index contributed by atoms with van der Waals surface area (Å²) >= 11 is 0. The summed E-state index contributed by atoms with van der Waals surface area (Å²) < 4.78 is 5.92. The van der Waals surface area contributed by atoms with E-state index in [1.54, 1.807) is 0 Å². The molecule has 9 nitrogen and oxygen atoms in total. The SMILES string of the molecule is CC(O)(OCn1ccnc1[N+](=O)[O-])C(O)CO. The molecule has 0 aliphatic heterocycles. The van der Waals surface area contributed by atoms with Crippen molar-refractivity contribution in [2.75, 3.05) is 6.61 Å². The first kappa shape index (κ1) is 13.5. The van der Waals surface area contributed by atoms with E-state index < -0.39 is 29.4 Å². The van der Waals surface area contributed by atoms with Crippen LogP contribution in [0.1, 0.15) is 6.92 Å². The van der Waals surface area contributed by atoms with E-state index in [0.29, 0.717) is 0 Å². The summed E-state index contributed by atoms with van der Waals surface area (Å²) in [6.45, 7) is 0.0655. The van der Waals surface area contributed by atoms with Crippen LogP contribution in [0.25, 0.3) is 0 Å². The average molecular weight is 247 g/mol. The highest BCUT2D eigenvalue weighted by molar-refractivity contribution is 5.05. The first-order chi connectivity index (χ1) is 7.88. The second kappa shape index (κ2) is 5.19. The minimum atomic E-state index is -2.01. The van der Waals surface area contributed by atoms with Crippen molar-refractivity contribution in [1.29, 1.82) is 0 Å². The van der Waals surface area contributed by atoms with Crippen LogP contribution in [0, 0.1) is 10.1 Å². The van der Waals surface area contributed by atoms with Gasteiger partial charge in [0, 0.05) is 0 Å². The Morgan fingerprint density at radius 2 is 2.41 bits per heavy atom. The summed E-state index contributed by atoms with van der Waals surface area (Å²) in [5.74, 6) is -2.45. The molecule has 0 aliphatic carbocycles. The van der Waals surface area contributed by atoms with Crippen molar-refractivity contribution in [2.24, 2.45) is 0 Å². The molecular formula is C8H13N3O6. The zero-order valence-electron chi connectivity index (χ0n) is 9.05. The van der Waals surface area contributed by atoms with Crippen molar-refractivity contribution in [2.45, 2.75) is 25.5 Å². The van der Waals surface area contributed by atoms with Gasteiger partial charge in [0.2, 0.25) is 0 Å². The molecule has 1 heterocycles. The fourth-order valence-corrected chi connectivity index (χ4v) is 1.04. The minimum absolute atomic E-state index is 0.375. The first-order valence-electron chi connectivity index (χ1n) is 4.69. The molecule has 0 saturated carbocycles. The highest BCUT2D eigenvalue weighted by Crippen LogP contribution is 2.15. The van der Waals surface area contributed by atoms with E-state index >= 15 is 0 Å². The summed E-state index contributed by atoms with van der Waals surface area (Å²) in [6, 6.07) is 0. The minimum Gasteiger partial charge on any atom is -0.393 e. The molecule has 1 aromatic rings. The van der Waals surface area contributed by atoms with Gasteiger partial charge in [-0.1, -0.05) is 4.98 Å².